The lowest BCUT2D eigenvalue weighted by Gasteiger charge is -2.18. The number of benzene rings is 2. The summed E-state index contributed by atoms with van der Waals surface area (Å²) in [7, 11) is 0. The molecule has 1 saturated heterocycles. The number of hydrogen-bond donors (Lipinski definition) is 0. The zero-order chi connectivity index (χ0) is 28.4. The van der Waals surface area contributed by atoms with Gasteiger partial charge in [-0.15, -0.1) is 0 Å². The fourth-order valence-electron chi connectivity index (χ4n) is 4.64. The van der Waals surface area contributed by atoms with E-state index in [1.165, 1.54) is 42.5 Å². The van der Waals surface area contributed by atoms with E-state index in [4.69, 9.17) is 27.9 Å². The average molecular weight is 594 g/mol. The fourth-order valence-corrected chi connectivity index (χ4v) is 6.25. The van der Waals surface area contributed by atoms with Gasteiger partial charge in [0, 0.05) is 22.7 Å². The highest BCUT2D eigenvalue weighted by Gasteiger charge is 2.41. The molecule has 1 aromatic heterocycles. The summed E-state index contributed by atoms with van der Waals surface area (Å²) in [5, 5.41) is 9.90. The van der Waals surface area contributed by atoms with Crippen molar-refractivity contribution in [1.29, 1.82) is 5.26 Å². The summed E-state index contributed by atoms with van der Waals surface area (Å²) >= 11 is 13.0. The molecule has 11 heteroatoms. The number of carbonyl (C=O) groups is 4. The van der Waals surface area contributed by atoms with Gasteiger partial charge in [-0.3, -0.25) is 14.4 Å². The van der Waals surface area contributed by atoms with Gasteiger partial charge in [0.1, 0.15) is 11.1 Å². The Labute approximate surface area is 244 Å². The van der Waals surface area contributed by atoms with Crippen LogP contribution in [0.25, 0.3) is 0 Å². The molecule has 40 heavy (non-hydrogen) atoms. The van der Waals surface area contributed by atoms with Crippen molar-refractivity contribution in [2.24, 2.45) is 0 Å². The number of aromatic nitrogens is 1. The van der Waals surface area contributed by atoms with Crippen LogP contribution in [0.2, 0.25) is 10.0 Å². The number of anilines is 1. The number of aryl methyl sites for hydroxylation is 2. The number of nitrogens with zero attached hydrogens (tertiary/aromatic N) is 3. The van der Waals surface area contributed by atoms with Crippen molar-refractivity contribution in [2.75, 3.05) is 11.5 Å². The number of carbonyl (C=O) groups excluding carboxylic acids is 4. The Morgan fingerprint density at radius 1 is 1.07 bits per heavy atom. The second-order valence-corrected chi connectivity index (χ2v) is 11.3. The van der Waals surface area contributed by atoms with Crippen molar-refractivity contribution in [3.8, 4) is 6.07 Å². The van der Waals surface area contributed by atoms with Crippen LogP contribution in [-0.2, 0) is 27.2 Å². The van der Waals surface area contributed by atoms with Crippen LogP contribution in [-0.4, -0.2) is 40.4 Å². The number of esters is 1. The topological polar surface area (TPSA) is 117 Å². The second-order valence-electron chi connectivity index (χ2n) is 9.31. The van der Waals surface area contributed by atoms with E-state index in [9.17, 15) is 24.4 Å². The maximum absolute atomic E-state index is 13.2. The Hall–Kier alpha value is -3.71. The summed E-state index contributed by atoms with van der Waals surface area (Å²) in [6, 6.07) is 14.2. The first-order valence-corrected chi connectivity index (χ1v) is 14.1. The Morgan fingerprint density at radius 3 is 2.55 bits per heavy atom. The zero-order valence-electron chi connectivity index (χ0n) is 21.0. The minimum Gasteiger partial charge on any atom is -0.454 e. The molecule has 0 bridgehead atoms. The molecule has 5 rings (SSSR count). The van der Waals surface area contributed by atoms with E-state index >= 15 is 0 Å². The Kier molecular flexibility index (Phi) is 8.22. The van der Waals surface area contributed by atoms with Crippen LogP contribution in [0.15, 0.2) is 53.6 Å². The van der Waals surface area contributed by atoms with Crippen molar-refractivity contribution in [3.63, 3.8) is 0 Å². The molecule has 2 aromatic carbocycles. The number of imide groups is 1. The molecule has 2 amide bonds. The van der Waals surface area contributed by atoms with Crippen LogP contribution in [0.4, 0.5) is 5.69 Å². The number of amides is 2. The van der Waals surface area contributed by atoms with Crippen LogP contribution >= 0.6 is 35.0 Å². The maximum Gasteiger partial charge on any atom is 0.338 e. The lowest BCUT2D eigenvalue weighted by atomic mass is 9.95. The SMILES string of the molecule is N#Cc1cc2c(nc1SC1CC(=O)N(c3ccc(C(=O)OCC(=O)c4ccc(Cl)cc4Cl)cc3)C1=O)CCCC2. The lowest BCUT2D eigenvalue weighted by Crippen LogP contribution is -2.31. The quantitative estimate of drug-likeness (QED) is 0.197. The number of halogens is 2. The molecule has 1 aliphatic carbocycles. The number of fused-ring (bicyclic) bond motifs is 1. The van der Waals surface area contributed by atoms with Gasteiger partial charge >= 0.3 is 5.97 Å². The molecule has 1 atom stereocenters. The normalized spacial score (nSPS) is 16.4. The van der Waals surface area contributed by atoms with E-state index in [1.54, 1.807) is 0 Å². The van der Waals surface area contributed by atoms with E-state index in [1.807, 2.05) is 6.07 Å². The van der Waals surface area contributed by atoms with Gasteiger partial charge in [-0.25, -0.2) is 14.7 Å². The highest BCUT2D eigenvalue weighted by molar-refractivity contribution is 8.00. The summed E-state index contributed by atoms with van der Waals surface area (Å²) in [5.41, 5.74) is 3.05. The molecule has 0 radical (unpaired) electrons. The predicted octanol–water partition coefficient (Wildman–Crippen LogP) is 5.60. The van der Waals surface area contributed by atoms with Gasteiger partial charge in [-0.2, -0.15) is 5.26 Å². The molecule has 1 unspecified atom stereocenters. The molecule has 3 aromatic rings. The van der Waals surface area contributed by atoms with Gasteiger partial charge in [-0.1, -0.05) is 35.0 Å². The summed E-state index contributed by atoms with van der Waals surface area (Å²) in [4.78, 5) is 56.6. The number of pyridine rings is 1. The molecule has 202 valence electrons. The number of nitriles is 1. The summed E-state index contributed by atoms with van der Waals surface area (Å²) < 4.78 is 5.12. The summed E-state index contributed by atoms with van der Waals surface area (Å²) in [6.45, 7) is -0.522. The van der Waals surface area contributed by atoms with Gasteiger partial charge in [0.2, 0.25) is 17.6 Å². The molecule has 0 spiro atoms. The molecule has 1 fully saturated rings. The van der Waals surface area contributed by atoms with Crippen molar-refractivity contribution < 1.29 is 23.9 Å². The van der Waals surface area contributed by atoms with Gasteiger partial charge in [0.25, 0.3) is 0 Å². The summed E-state index contributed by atoms with van der Waals surface area (Å²) in [6.07, 6.45) is 3.76. The number of ketones is 1. The van der Waals surface area contributed by atoms with Crippen LogP contribution < -0.4 is 4.90 Å². The lowest BCUT2D eigenvalue weighted by molar-refractivity contribution is -0.121. The zero-order valence-corrected chi connectivity index (χ0v) is 23.3. The Morgan fingerprint density at radius 2 is 1.82 bits per heavy atom. The smallest absolute Gasteiger partial charge is 0.338 e. The Bertz CT molecular complexity index is 1590. The monoisotopic (exact) mass is 593 g/mol. The molecule has 0 N–H and O–H groups in total. The average Bonchev–Trinajstić information content (AvgIpc) is 3.23. The third kappa shape index (κ3) is 5.75. The van der Waals surface area contributed by atoms with E-state index in [0.717, 1.165) is 53.6 Å². The van der Waals surface area contributed by atoms with Crippen LogP contribution in [0.3, 0.4) is 0 Å². The molecular weight excluding hydrogens is 573 g/mol. The van der Waals surface area contributed by atoms with Crippen LogP contribution in [0, 0.1) is 11.3 Å². The molecule has 1 aliphatic heterocycles. The minimum atomic E-state index is -0.750. The van der Waals surface area contributed by atoms with E-state index in [-0.39, 0.29) is 28.5 Å². The Balaban J connectivity index is 1.24. The fraction of sp³-hybridized carbons (Fsp3) is 0.241. The number of rotatable bonds is 7. The maximum atomic E-state index is 13.2. The molecule has 8 nitrogen and oxygen atoms in total. The van der Waals surface area contributed by atoms with Crippen molar-refractivity contribution in [2.45, 2.75) is 42.4 Å². The van der Waals surface area contributed by atoms with Crippen molar-refractivity contribution in [1.82, 2.24) is 4.98 Å². The predicted molar refractivity (Wildman–Crippen MR) is 150 cm³/mol. The van der Waals surface area contributed by atoms with Crippen LogP contribution in [0.5, 0.6) is 0 Å². The van der Waals surface area contributed by atoms with Gasteiger partial charge < -0.3 is 4.74 Å². The molecular formula is C29H21Cl2N3O5S. The van der Waals surface area contributed by atoms with E-state index in [0.29, 0.717) is 21.3 Å². The molecule has 0 saturated carbocycles. The largest absolute Gasteiger partial charge is 0.454 e. The summed E-state index contributed by atoms with van der Waals surface area (Å²) in [5.74, 6) is -2.05. The highest BCUT2D eigenvalue weighted by atomic mass is 35.5. The standard InChI is InChI=1S/C29H21Cl2N3O5S/c30-19-7-10-21(22(31)12-19)24(35)15-39-29(38)16-5-8-20(9-6-16)34-26(36)13-25(28(34)37)40-27-18(14-32)11-17-3-1-2-4-23(17)33-27/h5-12,25H,1-4,13,15H2. The second kappa shape index (κ2) is 11.8. The molecule has 2 heterocycles. The minimum absolute atomic E-state index is 0.0354. The number of ether oxygens (including phenoxy) is 1. The first-order valence-electron chi connectivity index (χ1n) is 12.5. The third-order valence-corrected chi connectivity index (χ3v) is 8.41. The van der Waals surface area contributed by atoms with Crippen molar-refractivity contribution >= 4 is 64.2 Å². The van der Waals surface area contributed by atoms with Crippen LogP contribution in [0.1, 0.15) is 56.8 Å². The van der Waals surface area contributed by atoms with E-state index < -0.39 is 29.5 Å². The highest BCUT2D eigenvalue weighted by Crippen LogP contribution is 2.36. The molecule has 2 aliphatic rings. The first-order chi connectivity index (χ1) is 19.2. The van der Waals surface area contributed by atoms with E-state index in [2.05, 4.69) is 11.1 Å². The first kappa shape index (κ1) is 27.8. The number of hydrogen-bond acceptors (Lipinski definition) is 8. The van der Waals surface area contributed by atoms with Crippen molar-refractivity contribution in [3.05, 3.63) is 86.5 Å². The third-order valence-electron chi connectivity index (χ3n) is 6.67. The van der Waals surface area contributed by atoms with Gasteiger partial charge in [-0.05, 0) is 79.8 Å². The number of thioether (sulfide) groups is 1. The van der Waals surface area contributed by atoms with Gasteiger partial charge in [0.05, 0.1) is 27.1 Å². The number of Topliss-reactive ketones (excluding diaryl/α,β-unsaturated/α-hetero) is 1. The van der Waals surface area contributed by atoms with Gasteiger partial charge in [0.15, 0.2) is 6.61 Å².